The van der Waals surface area contributed by atoms with Gasteiger partial charge in [-0.1, -0.05) is 41.9 Å². The van der Waals surface area contributed by atoms with Gasteiger partial charge in [-0.2, -0.15) is 0 Å². The zero-order valence-electron chi connectivity index (χ0n) is 12.5. The van der Waals surface area contributed by atoms with Gasteiger partial charge in [-0.15, -0.1) is 0 Å². The maximum Gasteiger partial charge on any atom is 0.259 e. The van der Waals surface area contributed by atoms with Crippen LogP contribution in [0.4, 0.5) is 5.69 Å². The monoisotopic (exact) mass is 323 g/mol. The molecule has 1 N–H and O–H groups in total. The van der Waals surface area contributed by atoms with Crippen molar-refractivity contribution < 1.29 is 4.79 Å². The van der Waals surface area contributed by atoms with Gasteiger partial charge in [-0.05, 0) is 31.2 Å². The lowest BCUT2D eigenvalue weighted by molar-refractivity contribution is 0.102. The van der Waals surface area contributed by atoms with Crippen molar-refractivity contribution in [3.63, 3.8) is 0 Å². The number of hydrogen-bond donors (Lipinski definition) is 1. The molecule has 1 amide bonds. The van der Waals surface area contributed by atoms with Crippen LogP contribution in [0.1, 0.15) is 16.1 Å². The fourth-order valence-electron chi connectivity index (χ4n) is 2.15. The Bertz CT molecular complexity index is 833. The second-order valence-electron chi connectivity index (χ2n) is 5.02. The summed E-state index contributed by atoms with van der Waals surface area (Å²) in [6, 6.07) is 16.6. The lowest BCUT2D eigenvalue weighted by Crippen LogP contribution is -2.15. The van der Waals surface area contributed by atoms with Crippen LogP contribution in [0.25, 0.3) is 11.4 Å². The summed E-state index contributed by atoms with van der Waals surface area (Å²) < 4.78 is 0. The average molecular weight is 324 g/mol. The molecular weight excluding hydrogens is 310 g/mol. The van der Waals surface area contributed by atoms with Gasteiger partial charge in [-0.25, -0.2) is 9.97 Å². The zero-order valence-corrected chi connectivity index (χ0v) is 13.2. The van der Waals surface area contributed by atoms with Crippen LogP contribution < -0.4 is 5.32 Å². The standard InChI is InChI=1S/C18H14ClN3O/c1-12-16(18(23)22-15-9-7-14(19)8-10-15)11-20-17(21-12)13-5-3-2-4-6-13/h2-11H,1H3,(H,22,23). The van der Waals surface area contributed by atoms with Gasteiger partial charge in [0.15, 0.2) is 5.82 Å². The summed E-state index contributed by atoms with van der Waals surface area (Å²) in [5, 5.41) is 3.43. The minimum atomic E-state index is -0.246. The lowest BCUT2D eigenvalue weighted by Gasteiger charge is -2.08. The number of halogens is 1. The molecule has 3 aromatic rings. The first kappa shape index (κ1) is 15.2. The zero-order chi connectivity index (χ0) is 16.2. The molecule has 0 atom stereocenters. The second-order valence-corrected chi connectivity index (χ2v) is 5.46. The smallest absolute Gasteiger partial charge is 0.259 e. The maximum atomic E-state index is 12.3. The summed E-state index contributed by atoms with van der Waals surface area (Å²) in [6.45, 7) is 1.80. The molecule has 0 aliphatic heterocycles. The van der Waals surface area contributed by atoms with Gasteiger partial charge in [0, 0.05) is 22.5 Å². The van der Waals surface area contributed by atoms with Crippen LogP contribution in [0.3, 0.4) is 0 Å². The Morgan fingerprint density at radius 3 is 2.39 bits per heavy atom. The predicted molar refractivity (Wildman–Crippen MR) is 91.6 cm³/mol. The van der Waals surface area contributed by atoms with E-state index in [1.165, 1.54) is 0 Å². The van der Waals surface area contributed by atoms with Gasteiger partial charge < -0.3 is 5.32 Å². The van der Waals surface area contributed by atoms with E-state index in [0.29, 0.717) is 27.8 Å². The number of aryl methyl sites for hydroxylation is 1. The fraction of sp³-hybridized carbons (Fsp3) is 0.0556. The molecule has 0 unspecified atom stereocenters. The van der Waals surface area contributed by atoms with Crippen molar-refractivity contribution in [2.24, 2.45) is 0 Å². The summed E-state index contributed by atoms with van der Waals surface area (Å²) in [7, 11) is 0. The van der Waals surface area contributed by atoms with E-state index in [4.69, 9.17) is 11.6 Å². The number of hydrogen-bond acceptors (Lipinski definition) is 3. The second kappa shape index (κ2) is 6.58. The molecule has 2 aromatic carbocycles. The van der Waals surface area contributed by atoms with Crippen LogP contribution in [-0.2, 0) is 0 Å². The molecular formula is C18H14ClN3O. The van der Waals surface area contributed by atoms with E-state index in [0.717, 1.165) is 5.56 Å². The highest BCUT2D eigenvalue weighted by atomic mass is 35.5. The first-order chi connectivity index (χ1) is 11.1. The molecule has 0 aliphatic carbocycles. The first-order valence-electron chi connectivity index (χ1n) is 7.09. The van der Waals surface area contributed by atoms with Crippen LogP contribution in [0.2, 0.25) is 5.02 Å². The minimum Gasteiger partial charge on any atom is -0.322 e. The van der Waals surface area contributed by atoms with E-state index >= 15 is 0 Å². The lowest BCUT2D eigenvalue weighted by atomic mass is 10.2. The van der Waals surface area contributed by atoms with Crippen molar-refractivity contribution in [1.29, 1.82) is 0 Å². The number of amides is 1. The normalized spacial score (nSPS) is 10.3. The number of aromatic nitrogens is 2. The van der Waals surface area contributed by atoms with Gasteiger partial charge in [0.1, 0.15) is 0 Å². The minimum absolute atomic E-state index is 0.246. The van der Waals surface area contributed by atoms with Crippen molar-refractivity contribution in [2.45, 2.75) is 6.92 Å². The number of benzene rings is 2. The molecule has 0 saturated carbocycles. The van der Waals surface area contributed by atoms with E-state index in [1.807, 2.05) is 30.3 Å². The Morgan fingerprint density at radius 2 is 1.74 bits per heavy atom. The molecule has 0 radical (unpaired) electrons. The van der Waals surface area contributed by atoms with Crippen molar-refractivity contribution in [2.75, 3.05) is 5.32 Å². The molecule has 4 nitrogen and oxygen atoms in total. The molecule has 0 bridgehead atoms. The third-order valence-electron chi connectivity index (χ3n) is 3.36. The Hall–Kier alpha value is -2.72. The van der Waals surface area contributed by atoms with Gasteiger partial charge in [0.25, 0.3) is 5.91 Å². The topological polar surface area (TPSA) is 54.9 Å². The number of carbonyl (C=O) groups excluding carboxylic acids is 1. The van der Waals surface area contributed by atoms with Crippen LogP contribution in [0, 0.1) is 6.92 Å². The highest BCUT2D eigenvalue weighted by Gasteiger charge is 2.12. The van der Waals surface area contributed by atoms with E-state index in [9.17, 15) is 4.79 Å². The summed E-state index contributed by atoms with van der Waals surface area (Å²) >= 11 is 5.83. The SMILES string of the molecule is Cc1nc(-c2ccccc2)ncc1C(=O)Nc1ccc(Cl)cc1. The van der Waals surface area contributed by atoms with Crippen LogP contribution in [0.15, 0.2) is 60.8 Å². The highest BCUT2D eigenvalue weighted by molar-refractivity contribution is 6.30. The summed E-state index contributed by atoms with van der Waals surface area (Å²) in [5.74, 6) is 0.357. The number of anilines is 1. The van der Waals surface area contributed by atoms with Gasteiger partial charge in [-0.3, -0.25) is 4.79 Å². The Labute approximate surface area is 139 Å². The Morgan fingerprint density at radius 1 is 1.04 bits per heavy atom. The van der Waals surface area contributed by atoms with Gasteiger partial charge in [0.2, 0.25) is 0 Å². The summed E-state index contributed by atoms with van der Waals surface area (Å²) in [6.07, 6.45) is 1.55. The van der Waals surface area contributed by atoms with E-state index in [1.54, 1.807) is 37.4 Å². The molecule has 1 heterocycles. The largest absolute Gasteiger partial charge is 0.322 e. The summed E-state index contributed by atoms with van der Waals surface area (Å²) in [4.78, 5) is 21.1. The van der Waals surface area contributed by atoms with E-state index in [2.05, 4.69) is 15.3 Å². The Kier molecular flexibility index (Phi) is 4.35. The quantitative estimate of drug-likeness (QED) is 0.779. The molecule has 0 saturated heterocycles. The molecule has 114 valence electrons. The van der Waals surface area contributed by atoms with Crippen molar-refractivity contribution in [3.05, 3.63) is 77.1 Å². The number of rotatable bonds is 3. The highest BCUT2D eigenvalue weighted by Crippen LogP contribution is 2.18. The third kappa shape index (κ3) is 3.55. The molecule has 3 rings (SSSR count). The van der Waals surface area contributed by atoms with Gasteiger partial charge in [0.05, 0.1) is 11.3 Å². The maximum absolute atomic E-state index is 12.3. The molecule has 0 aliphatic rings. The van der Waals surface area contributed by atoms with E-state index < -0.39 is 0 Å². The number of carbonyl (C=O) groups is 1. The summed E-state index contributed by atoms with van der Waals surface area (Å²) in [5.41, 5.74) is 2.66. The van der Waals surface area contributed by atoms with Crippen LogP contribution in [0.5, 0.6) is 0 Å². The van der Waals surface area contributed by atoms with Gasteiger partial charge >= 0.3 is 0 Å². The molecule has 23 heavy (non-hydrogen) atoms. The molecule has 1 aromatic heterocycles. The predicted octanol–water partition coefficient (Wildman–Crippen LogP) is 4.36. The average Bonchev–Trinajstić information content (AvgIpc) is 2.57. The number of nitrogens with one attached hydrogen (secondary N) is 1. The fourth-order valence-corrected chi connectivity index (χ4v) is 2.27. The van der Waals surface area contributed by atoms with Crippen molar-refractivity contribution in [3.8, 4) is 11.4 Å². The number of nitrogens with zero attached hydrogens (tertiary/aromatic N) is 2. The third-order valence-corrected chi connectivity index (χ3v) is 3.61. The van der Waals surface area contributed by atoms with Crippen molar-refractivity contribution in [1.82, 2.24) is 9.97 Å². The first-order valence-corrected chi connectivity index (χ1v) is 7.47. The molecule has 0 spiro atoms. The molecule has 0 fully saturated rings. The van der Waals surface area contributed by atoms with E-state index in [-0.39, 0.29) is 5.91 Å². The van der Waals surface area contributed by atoms with Crippen LogP contribution >= 0.6 is 11.6 Å². The Balaban J connectivity index is 1.83. The molecule has 5 heteroatoms. The van der Waals surface area contributed by atoms with Crippen LogP contribution in [-0.4, -0.2) is 15.9 Å². The van der Waals surface area contributed by atoms with Crippen molar-refractivity contribution >= 4 is 23.2 Å².